The maximum absolute atomic E-state index is 13.9. The Kier molecular flexibility index (Phi) is 5.46. The average molecular weight is 296 g/mol. The van der Waals surface area contributed by atoms with Gasteiger partial charge < -0.3 is 10.5 Å². The van der Waals surface area contributed by atoms with Crippen molar-refractivity contribution < 1.29 is 9.13 Å². The first-order chi connectivity index (χ1) is 9.56. The molecular formula is C15H21FN2OS. The topological polar surface area (TPSA) is 38.5 Å². The van der Waals surface area contributed by atoms with Gasteiger partial charge in [-0.1, -0.05) is 24.4 Å². The smallest absolute Gasteiger partial charge is 0.128 e. The van der Waals surface area contributed by atoms with Gasteiger partial charge in [0.2, 0.25) is 0 Å². The van der Waals surface area contributed by atoms with E-state index in [4.69, 9.17) is 22.7 Å². The molecule has 1 fully saturated rings. The van der Waals surface area contributed by atoms with E-state index in [0.29, 0.717) is 24.3 Å². The quantitative estimate of drug-likeness (QED) is 0.590. The number of nitrogens with two attached hydrogens (primary N) is 1. The third-order valence-electron chi connectivity index (χ3n) is 3.45. The summed E-state index contributed by atoms with van der Waals surface area (Å²) in [6.07, 6.45) is 2.60. The van der Waals surface area contributed by atoms with Crippen molar-refractivity contribution in [3.05, 3.63) is 35.1 Å². The van der Waals surface area contributed by atoms with Crippen LogP contribution in [0.2, 0.25) is 0 Å². The molecule has 1 aromatic rings. The van der Waals surface area contributed by atoms with Gasteiger partial charge in [0.25, 0.3) is 0 Å². The zero-order valence-electron chi connectivity index (χ0n) is 11.8. The molecule has 0 bridgehead atoms. The highest BCUT2D eigenvalue weighted by Gasteiger charge is 2.21. The molecule has 3 nitrogen and oxygen atoms in total. The molecule has 0 heterocycles. The third-order valence-corrected chi connectivity index (χ3v) is 3.68. The molecule has 5 heteroatoms. The number of hydrogen-bond donors (Lipinski definition) is 1. The summed E-state index contributed by atoms with van der Waals surface area (Å²) in [6.45, 7) is 2.91. The highest BCUT2D eigenvalue weighted by molar-refractivity contribution is 7.80. The highest BCUT2D eigenvalue weighted by Crippen LogP contribution is 2.28. The SMILES string of the molecule is CN(CCOCC1CC1)Cc1ccc(C(N)=S)cc1F. The number of rotatable bonds is 8. The molecule has 2 N–H and O–H groups in total. The van der Waals surface area contributed by atoms with E-state index >= 15 is 0 Å². The first kappa shape index (κ1) is 15.4. The second-order valence-electron chi connectivity index (χ2n) is 5.43. The van der Waals surface area contributed by atoms with Gasteiger partial charge in [-0.25, -0.2) is 4.39 Å². The Hall–Kier alpha value is -1.04. The minimum atomic E-state index is -0.263. The predicted molar refractivity (Wildman–Crippen MR) is 82.2 cm³/mol. The first-order valence-corrected chi connectivity index (χ1v) is 7.31. The molecule has 20 heavy (non-hydrogen) atoms. The molecule has 0 aliphatic heterocycles. The summed E-state index contributed by atoms with van der Waals surface area (Å²) < 4.78 is 19.5. The van der Waals surface area contributed by atoms with Crippen LogP contribution in [0.3, 0.4) is 0 Å². The maximum atomic E-state index is 13.9. The van der Waals surface area contributed by atoms with Gasteiger partial charge >= 0.3 is 0 Å². The van der Waals surface area contributed by atoms with E-state index in [9.17, 15) is 4.39 Å². The largest absolute Gasteiger partial charge is 0.389 e. The van der Waals surface area contributed by atoms with Crippen LogP contribution < -0.4 is 5.73 Å². The van der Waals surface area contributed by atoms with Crippen molar-refractivity contribution in [3.63, 3.8) is 0 Å². The summed E-state index contributed by atoms with van der Waals surface area (Å²) in [5.41, 5.74) is 6.70. The van der Waals surface area contributed by atoms with Crippen molar-refractivity contribution >= 4 is 17.2 Å². The molecule has 1 aliphatic rings. The number of hydrogen-bond acceptors (Lipinski definition) is 3. The number of benzene rings is 1. The molecule has 0 spiro atoms. The summed E-state index contributed by atoms with van der Waals surface area (Å²) in [7, 11) is 1.96. The molecule has 1 aliphatic carbocycles. The maximum Gasteiger partial charge on any atom is 0.128 e. The average Bonchev–Trinajstić information content (AvgIpc) is 3.21. The zero-order valence-corrected chi connectivity index (χ0v) is 12.6. The normalized spacial score (nSPS) is 14.8. The second kappa shape index (κ2) is 7.11. The van der Waals surface area contributed by atoms with E-state index in [1.165, 1.54) is 18.9 Å². The Morgan fingerprint density at radius 3 is 2.85 bits per heavy atom. The van der Waals surface area contributed by atoms with Crippen molar-refractivity contribution in [2.45, 2.75) is 19.4 Å². The summed E-state index contributed by atoms with van der Waals surface area (Å²) >= 11 is 4.83. The number of thiocarbonyl (C=S) groups is 1. The molecule has 1 aromatic carbocycles. The van der Waals surface area contributed by atoms with Gasteiger partial charge in [-0.2, -0.15) is 0 Å². The zero-order chi connectivity index (χ0) is 14.5. The highest BCUT2D eigenvalue weighted by atomic mass is 32.1. The van der Waals surface area contributed by atoms with E-state index in [2.05, 4.69) is 0 Å². The minimum Gasteiger partial charge on any atom is -0.389 e. The van der Waals surface area contributed by atoms with Gasteiger partial charge in [0.05, 0.1) is 6.61 Å². The van der Waals surface area contributed by atoms with Gasteiger partial charge in [0.15, 0.2) is 0 Å². The predicted octanol–water partition coefficient (Wildman–Crippen LogP) is 2.32. The van der Waals surface area contributed by atoms with Gasteiger partial charge in [-0.3, -0.25) is 4.90 Å². The summed E-state index contributed by atoms with van der Waals surface area (Å²) in [5.74, 6) is 0.520. The van der Waals surface area contributed by atoms with Crippen LogP contribution in [0.5, 0.6) is 0 Å². The Morgan fingerprint density at radius 2 is 2.25 bits per heavy atom. The Bertz CT molecular complexity index is 477. The van der Waals surface area contributed by atoms with Crippen molar-refractivity contribution in [2.24, 2.45) is 11.7 Å². The molecule has 2 rings (SSSR count). The number of nitrogens with zero attached hydrogens (tertiary/aromatic N) is 1. The van der Waals surface area contributed by atoms with Crippen molar-refractivity contribution in [3.8, 4) is 0 Å². The van der Waals surface area contributed by atoms with Crippen molar-refractivity contribution in [2.75, 3.05) is 26.8 Å². The molecule has 0 unspecified atom stereocenters. The molecular weight excluding hydrogens is 275 g/mol. The molecule has 0 saturated heterocycles. The molecule has 0 aromatic heterocycles. The number of halogens is 1. The minimum absolute atomic E-state index is 0.220. The molecule has 1 saturated carbocycles. The Labute approximate surface area is 124 Å². The summed E-state index contributed by atoms with van der Waals surface area (Å²) in [6, 6.07) is 4.90. The van der Waals surface area contributed by atoms with Crippen LogP contribution in [0.4, 0.5) is 4.39 Å². The van der Waals surface area contributed by atoms with Crippen LogP contribution >= 0.6 is 12.2 Å². The fourth-order valence-electron chi connectivity index (χ4n) is 1.95. The first-order valence-electron chi connectivity index (χ1n) is 6.91. The van der Waals surface area contributed by atoms with E-state index < -0.39 is 0 Å². The summed E-state index contributed by atoms with van der Waals surface area (Å²) in [5, 5.41) is 0. The molecule has 0 atom stereocenters. The van der Waals surface area contributed by atoms with Crippen molar-refractivity contribution in [1.29, 1.82) is 0 Å². The van der Waals surface area contributed by atoms with Crippen molar-refractivity contribution in [1.82, 2.24) is 4.90 Å². The van der Waals surface area contributed by atoms with Crippen LogP contribution in [-0.2, 0) is 11.3 Å². The van der Waals surface area contributed by atoms with E-state index in [0.717, 1.165) is 19.1 Å². The number of ether oxygens (including phenoxy) is 1. The lowest BCUT2D eigenvalue weighted by atomic mass is 10.1. The van der Waals surface area contributed by atoms with Gasteiger partial charge in [0, 0.05) is 30.8 Å². The fourth-order valence-corrected chi connectivity index (χ4v) is 2.08. The summed E-state index contributed by atoms with van der Waals surface area (Å²) in [4.78, 5) is 2.27. The monoisotopic (exact) mass is 296 g/mol. The molecule has 0 radical (unpaired) electrons. The van der Waals surface area contributed by atoms with E-state index in [-0.39, 0.29) is 10.8 Å². The second-order valence-corrected chi connectivity index (χ2v) is 5.87. The fraction of sp³-hybridized carbons (Fsp3) is 0.533. The van der Waals surface area contributed by atoms with Gasteiger partial charge in [-0.05, 0) is 31.9 Å². The van der Waals surface area contributed by atoms with Crippen LogP contribution in [0.25, 0.3) is 0 Å². The lowest BCUT2D eigenvalue weighted by molar-refractivity contribution is 0.101. The molecule has 110 valence electrons. The third kappa shape index (κ3) is 4.81. The Balaban J connectivity index is 1.77. The van der Waals surface area contributed by atoms with Crippen LogP contribution in [0, 0.1) is 11.7 Å². The standard InChI is InChI=1S/C15H21FN2OS/c1-18(6-7-19-10-11-2-3-11)9-13-5-4-12(15(17)20)8-14(13)16/h4-5,8,11H,2-3,6-7,9-10H2,1H3,(H2,17,20). The molecule has 0 amide bonds. The lowest BCUT2D eigenvalue weighted by Crippen LogP contribution is -2.23. The van der Waals surface area contributed by atoms with Gasteiger partial charge in [0.1, 0.15) is 10.8 Å². The van der Waals surface area contributed by atoms with E-state index in [1.54, 1.807) is 12.1 Å². The lowest BCUT2D eigenvalue weighted by Gasteiger charge is -2.17. The van der Waals surface area contributed by atoms with Crippen LogP contribution in [0.1, 0.15) is 24.0 Å². The van der Waals surface area contributed by atoms with Gasteiger partial charge in [-0.15, -0.1) is 0 Å². The Morgan fingerprint density at radius 1 is 1.50 bits per heavy atom. The van der Waals surface area contributed by atoms with Crippen LogP contribution in [-0.4, -0.2) is 36.7 Å². The van der Waals surface area contributed by atoms with E-state index in [1.807, 2.05) is 11.9 Å². The number of likely N-dealkylation sites (N-methyl/N-ethyl adjacent to an activating group) is 1. The van der Waals surface area contributed by atoms with Crippen LogP contribution in [0.15, 0.2) is 18.2 Å².